The highest BCUT2D eigenvalue weighted by Gasteiger charge is 2.18. The van der Waals surface area contributed by atoms with E-state index < -0.39 is 6.10 Å². The van der Waals surface area contributed by atoms with Gasteiger partial charge in [0.25, 0.3) is 0 Å². The van der Waals surface area contributed by atoms with E-state index in [2.05, 4.69) is 17.1 Å². The minimum Gasteiger partial charge on any atom is -0.389 e. The first-order chi connectivity index (χ1) is 9.26. The van der Waals surface area contributed by atoms with Crippen LogP contribution in [0.4, 0.5) is 0 Å². The molecule has 2 N–H and O–H groups in total. The Morgan fingerprint density at radius 3 is 2.68 bits per heavy atom. The van der Waals surface area contributed by atoms with Crippen molar-refractivity contribution < 1.29 is 14.6 Å². The van der Waals surface area contributed by atoms with Gasteiger partial charge in [0.1, 0.15) is 0 Å². The van der Waals surface area contributed by atoms with Gasteiger partial charge in [0.15, 0.2) is 0 Å². The van der Waals surface area contributed by atoms with Gasteiger partial charge in [0.2, 0.25) is 0 Å². The first-order valence-corrected chi connectivity index (χ1v) is 7.46. The lowest BCUT2D eigenvalue weighted by Crippen LogP contribution is -2.45. The topological polar surface area (TPSA) is 54.0 Å². The molecule has 5 nitrogen and oxygen atoms in total. The number of hydrogen-bond acceptors (Lipinski definition) is 5. The molecule has 0 aromatic carbocycles. The maximum atomic E-state index is 9.78. The molecule has 0 radical (unpaired) electrons. The van der Waals surface area contributed by atoms with Crippen molar-refractivity contribution in [1.82, 2.24) is 10.2 Å². The normalized spacial score (nSPS) is 19.7. The molecule has 1 aliphatic rings. The summed E-state index contributed by atoms with van der Waals surface area (Å²) in [4.78, 5) is 2.52. The zero-order chi connectivity index (χ0) is 13.9. The molecule has 5 heteroatoms. The number of rotatable bonds is 10. The number of nitrogens with zero attached hydrogens (tertiary/aromatic N) is 1. The maximum absolute atomic E-state index is 9.78. The summed E-state index contributed by atoms with van der Waals surface area (Å²) in [6.07, 6.45) is 3.16. The summed E-state index contributed by atoms with van der Waals surface area (Å²) in [7, 11) is 1.65. The lowest BCUT2D eigenvalue weighted by molar-refractivity contribution is 0.0121. The summed E-state index contributed by atoms with van der Waals surface area (Å²) in [5.41, 5.74) is 0. The molecule has 1 saturated heterocycles. The predicted molar refractivity (Wildman–Crippen MR) is 76.5 cm³/mol. The van der Waals surface area contributed by atoms with E-state index in [9.17, 15) is 5.11 Å². The van der Waals surface area contributed by atoms with E-state index in [-0.39, 0.29) is 0 Å². The smallest absolute Gasteiger partial charge is 0.0897 e. The monoisotopic (exact) mass is 274 g/mol. The number of methoxy groups -OCH3 is 1. The summed E-state index contributed by atoms with van der Waals surface area (Å²) in [6.45, 7) is 7.90. The van der Waals surface area contributed by atoms with E-state index in [1.165, 1.54) is 38.9 Å². The lowest BCUT2D eigenvalue weighted by Gasteiger charge is -2.32. The number of ether oxygens (including phenoxy) is 2. The standard InChI is InChI=1S/C14H30N2O3/c1-3-6-16-7-4-13(5-8-16)15-11-14(17)12-19-10-9-18-2/h13-15,17H,3-12H2,1-2H3. The van der Waals surface area contributed by atoms with Crippen molar-refractivity contribution in [3.63, 3.8) is 0 Å². The molecule has 114 valence electrons. The van der Waals surface area contributed by atoms with Gasteiger partial charge in [-0.3, -0.25) is 0 Å². The quantitative estimate of drug-likeness (QED) is 0.567. The van der Waals surface area contributed by atoms with E-state index in [1.807, 2.05) is 0 Å². The van der Waals surface area contributed by atoms with Gasteiger partial charge in [-0.15, -0.1) is 0 Å². The average Bonchev–Trinajstić information content (AvgIpc) is 2.43. The Morgan fingerprint density at radius 2 is 2.05 bits per heavy atom. The molecule has 1 aliphatic heterocycles. The molecule has 1 heterocycles. The average molecular weight is 274 g/mol. The Balaban J connectivity index is 2.00. The maximum Gasteiger partial charge on any atom is 0.0897 e. The molecular weight excluding hydrogens is 244 g/mol. The Bertz CT molecular complexity index is 209. The molecule has 1 atom stereocenters. The Kier molecular flexibility index (Phi) is 9.38. The number of aliphatic hydroxyl groups is 1. The summed E-state index contributed by atoms with van der Waals surface area (Å²) in [6, 6.07) is 0.543. The van der Waals surface area contributed by atoms with Crippen LogP contribution < -0.4 is 5.32 Å². The molecule has 0 aromatic rings. The SMILES string of the molecule is CCCN1CCC(NCC(O)COCCOC)CC1. The van der Waals surface area contributed by atoms with Crippen molar-refractivity contribution in [1.29, 1.82) is 0 Å². The first-order valence-electron chi connectivity index (χ1n) is 7.46. The number of likely N-dealkylation sites (tertiary alicyclic amines) is 1. The van der Waals surface area contributed by atoms with E-state index >= 15 is 0 Å². The molecule has 1 rings (SSSR count). The second kappa shape index (κ2) is 10.6. The predicted octanol–water partition coefficient (Wildman–Crippen LogP) is 0.474. The molecule has 0 aliphatic carbocycles. The zero-order valence-corrected chi connectivity index (χ0v) is 12.4. The number of nitrogens with one attached hydrogen (secondary N) is 1. The van der Waals surface area contributed by atoms with Crippen molar-refractivity contribution in [3.05, 3.63) is 0 Å². The molecular formula is C14H30N2O3. The van der Waals surface area contributed by atoms with E-state index in [0.29, 0.717) is 32.4 Å². The van der Waals surface area contributed by atoms with Crippen LogP contribution in [0, 0.1) is 0 Å². The third kappa shape index (κ3) is 7.84. The molecule has 0 spiro atoms. The van der Waals surface area contributed by atoms with Crippen molar-refractivity contribution in [2.24, 2.45) is 0 Å². The highest BCUT2D eigenvalue weighted by molar-refractivity contribution is 4.77. The van der Waals surface area contributed by atoms with Crippen molar-refractivity contribution >= 4 is 0 Å². The van der Waals surface area contributed by atoms with Gasteiger partial charge < -0.3 is 24.8 Å². The van der Waals surface area contributed by atoms with Crippen LogP contribution in [0.1, 0.15) is 26.2 Å². The second-order valence-corrected chi connectivity index (χ2v) is 5.25. The molecule has 19 heavy (non-hydrogen) atoms. The summed E-state index contributed by atoms with van der Waals surface area (Å²) in [5, 5.41) is 13.2. The minimum atomic E-state index is -0.425. The summed E-state index contributed by atoms with van der Waals surface area (Å²) < 4.78 is 10.2. The van der Waals surface area contributed by atoms with Crippen molar-refractivity contribution in [2.45, 2.75) is 38.3 Å². The Hall–Kier alpha value is -0.200. The van der Waals surface area contributed by atoms with Crippen molar-refractivity contribution in [3.8, 4) is 0 Å². The van der Waals surface area contributed by atoms with E-state index in [1.54, 1.807) is 7.11 Å². The third-order valence-corrected chi connectivity index (χ3v) is 3.51. The van der Waals surface area contributed by atoms with Gasteiger partial charge in [-0.1, -0.05) is 6.92 Å². The second-order valence-electron chi connectivity index (χ2n) is 5.25. The fraction of sp³-hybridized carbons (Fsp3) is 1.00. The first kappa shape index (κ1) is 16.9. The molecule has 0 aromatic heterocycles. The van der Waals surface area contributed by atoms with Crippen LogP contribution >= 0.6 is 0 Å². The number of aliphatic hydroxyl groups excluding tert-OH is 1. The molecule has 0 bridgehead atoms. The van der Waals surface area contributed by atoms with Crippen LogP contribution in [0.15, 0.2) is 0 Å². The minimum absolute atomic E-state index is 0.380. The molecule has 0 saturated carbocycles. The zero-order valence-electron chi connectivity index (χ0n) is 12.4. The van der Waals surface area contributed by atoms with Gasteiger partial charge in [-0.25, -0.2) is 0 Å². The van der Waals surface area contributed by atoms with Crippen LogP contribution in [-0.4, -0.2) is 75.3 Å². The molecule has 1 unspecified atom stereocenters. The van der Waals surface area contributed by atoms with Crippen LogP contribution in [-0.2, 0) is 9.47 Å². The highest BCUT2D eigenvalue weighted by atomic mass is 16.5. The third-order valence-electron chi connectivity index (χ3n) is 3.51. The largest absolute Gasteiger partial charge is 0.389 e. The van der Waals surface area contributed by atoms with Crippen LogP contribution in [0.2, 0.25) is 0 Å². The summed E-state index contributed by atoms with van der Waals surface area (Å²) >= 11 is 0. The number of piperidine rings is 1. The van der Waals surface area contributed by atoms with Gasteiger partial charge in [0.05, 0.1) is 25.9 Å². The summed E-state index contributed by atoms with van der Waals surface area (Å²) in [5.74, 6) is 0. The van der Waals surface area contributed by atoms with E-state index in [0.717, 1.165) is 0 Å². The van der Waals surface area contributed by atoms with Crippen LogP contribution in [0.5, 0.6) is 0 Å². The van der Waals surface area contributed by atoms with Gasteiger partial charge in [0, 0.05) is 19.7 Å². The Labute approximate surface area is 117 Å². The van der Waals surface area contributed by atoms with Gasteiger partial charge >= 0.3 is 0 Å². The van der Waals surface area contributed by atoms with Gasteiger partial charge in [-0.2, -0.15) is 0 Å². The Morgan fingerprint density at radius 1 is 1.32 bits per heavy atom. The highest BCUT2D eigenvalue weighted by Crippen LogP contribution is 2.10. The van der Waals surface area contributed by atoms with E-state index in [4.69, 9.17) is 9.47 Å². The fourth-order valence-corrected chi connectivity index (χ4v) is 2.40. The van der Waals surface area contributed by atoms with Gasteiger partial charge in [-0.05, 0) is 38.9 Å². The number of hydrogen-bond donors (Lipinski definition) is 2. The lowest BCUT2D eigenvalue weighted by atomic mass is 10.0. The van der Waals surface area contributed by atoms with Crippen molar-refractivity contribution in [2.75, 3.05) is 53.1 Å². The van der Waals surface area contributed by atoms with Crippen LogP contribution in [0.3, 0.4) is 0 Å². The fourth-order valence-electron chi connectivity index (χ4n) is 2.40. The van der Waals surface area contributed by atoms with Crippen LogP contribution in [0.25, 0.3) is 0 Å². The molecule has 1 fully saturated rings. The molecule has 0 amide bonds.